The fourth-order valence-corrected chi connectivity index (χ4v) is 2.48. The van der Waals surface area contributed by atoms with Crippen LogP contribution in [0.3, 0.4) is 0 Å². The second-order valence-corrected chi connectivity index (χ2v) is 5.55. The minimum atomic E-state index is -0.168. The van der Waals surface area contributed by atoms with Gasteiger partial charge in [-0.05, 0) is 19.3 Å². The van der Waals surface area contributed by atoms with Gasteiger partial charge in [-0.25, -0.2) is 0 Å². The Kier molecular flexibility index (Phi) is 2.97. The summed E-state index contributed by atoms with van der Waals surface area (Å²) in [6, 6.07) is 0. The summed E-state index contributed by atoms with van der Waals surface area (Å²) in [6.07, 6.45) is 0.926. The van der Waals surface area contributed by atoms with Gasteiger partial charge < -0.3 is 15.4 Å². The van der Waals surface area contributed by atoms with Crippen molar-refractivity contribution in [3.8, 4) is 0 Å². The van der Waals surface area contributed by atoms with Crippen LogP contribution in [0.1, 0.15) is 27.2 Å². The van der Waals surface area contributed by atoms with Crippen molar-refractivity contribution in [2.75, 3.05) is 19.7 Å². The molecule has 92 valence electrons. The largest absolute Gasteiger partial charge is 0.378 e. The molecule has 0 bridgehead atoms. The molecule has 2 saturated heterocycles. The molecule has 0 aromatic heterocycles. The Bertz CT molecular complexity index is 285. The van der Waals surface area contributed by atoms with E-state index in [1.54, 1.807) is 0 Å². The van der Waals surface area contributed by atoms with Crippen LogP contribution in [-0.2, 0) is 9.53 Å². The van der Waals surface area contributed by atoms with Crippen molar-refractivity contribution in [1.29, 1.82) is 0 Å². The highest BCUT2D eigenvalue weighted by Crippen LogP contribution is 2.30. The topological polar surface area (TPSA) is 55.6 Å². The average molecular weight is 226 g/mol. The van der Waals surface area contributed by atoms with Gasteiger partial charge in [0.15, 0.2) is 0 Å². The Balaban J connectivity index is 1.90. The number of hydrogen-bond donors (Lipinski definition) is 1. The molecule has 2 fully saturated rings. The van der Waals surface area contributed by atoms with E-state index in [2.05, 4.69) is 13.8 Å². The summed E-state index contributed by atoms with van der Waals surface area (Å²) in [5, 5.41) is 0. The van der Waals surface area contributed by atoms with E-state index < -0.39 is 0 Å². The Hall–Kier alpha value is -0.610. The molecule has 2 atom stereocenters. The second kappa shape index (κ2) is 4.00. The first-order valence-corrected chi connectivity index (χ1v) is 6.13. The predicted octanol–water partition coefficient (Wildman–Crippen LogP) is 0.607. The van der Waals surface area contributed by atoms with E-state index in [1.807, 2.05) is 11.8 Å². The lowest BCUT2D eigenvalue weighted by molar-refractivity contribution is -0.146. The lowest BCUT2D eigenvalue weighted by Crippen LogP contribution is -2.71. The van der Waals surface area contributed by atoms with E-state index in [0.717, 1.165) is 6.42 Å². The van der Waals surface area contributed by atoms with Crippen LogP contribution in [0.25, 0.3) is 0 Å². The molecule has 4 heteroatoms. The monoisotopic (exact) mass is 226 g/mol. The SMILES string of the molecule is CC1OCCC1C(=O)N1CC(N)(C(C)C)C1. The molecule has 2 aliphatic rings. The van der Waals surface area contributed by atoms with Gasteiger partial charge >= 0.3 is 0 Å². The van der Waals surface area contributed by atoms with E-state index in [-0.39, 0.29) is 23.5 Å². The van der Waals surface area contributed by atoms with Crippen LogP contribution in [0.5, 0.6) is 0 Å². The van der Waals surface area contributed by atoms with Crippen molar-refractivity contribution in [3.05, 3.63) is 0 Å². The number of likely N-dealkylation sites (tertiary alicyclic amines) is 1. The van der Waals surface area contributed by atoms with E-state index in [0.29, 0.717) is 25.6 Å². The third kappa shape index (κ3) is 1.84. The summed E-state index contributed by atoms with van der Waals surface area (Å²) < 4.78 is 5.43. The first-order chi connectivity index (χ1) is 7.44. The molecule has 16 heavy (non-hydrogen) atoms. The molecule has 0 spiro atoms. The van der Waals surface area contributed by atoms with Crippen LogP contribution in [-0.4, -0.2) is 42.1 Å². The summed E-state index contributed by atoms with van der Waals surface area (Å²) >= 11 is 0. The van der Waals surface area contributed by atoms with Crippen LogP contribution in [0.15, 0.2) is 0 Å². The van der Waals surface area contributed by atoms with Crippen LogP contribution in [0.2, 0.25) is 0 Å². The fourth-order valence-electron chi connectivity index (χ4n) is 2.48. The number of nitrogens with zero attached hydrogens (tertiary/aromatic N) is 1. The third-order valence-electron chi connectivity index (χ3n) is 4.13. The lowest BCUT2D eigenvalue weighted by atomic mass is 9.79. The summed E-state index contributed by atoms with van der Waals surface area (Å²) in [6.45, 7) is 8.32. The standard InChI is InChI=1S/C12H22N2O2/c1-8(2)12(13)6-14(7-12)11(15)10-4-5-16-9(10)3/h8-10H,4-7,13H2,1-3H3. The second-order valence-electron chi connectivity index (χ2n) is 5.55. The lowest BCUT2D eigenvalue weighted by Gasteiger charge is -2.51. The van der Waals surface area contributed by atoms with Gasteiger partial charge in [-0.1, -0.05) is 13.8 Å². The van der Waals surface area contributed by atoms with E-state index in [9.17, 15) is 4.79 Å². The summed E-state index contributed by atoms with van der Waals surface area (Å²) in [5.41, 5.74) is 6.01. The van der Waals surface area contributed by atoms with Gasteiger partial charge in [-0.2, -0.15) is 0 Å². The summed E-state index contributed by atoms with van der Waals surface area (Å²) in [4.78, 5) is 14.0. The van der Waals surface area contributed by atoms with Gasteiger partial charge in [0.05, 0.1) is 17.6 Å². The van der Waals surface area contributed by atoms with Crippen molar-refractivity contribution < 1.29 is 9.53 Å². The van der Waals surface area contributed by atoms with Crippen molar-refractivity contribution in [3.63, 3.8) is 0 Å². The fraction of sp³-hybridized carbons (Fsp3) is 0.917. The van der Waals surface area contributed by atoms with Crippen LogP contribution < -0.4 is 5.73 Å². The zero-order valence-electron chi connectivity index (χ0n) is 10.4. The van der Waals surface area contributed by atoms with Crippen molar-refractivity contribution in [2.45, 2.75) is 38.8 Å². The number of carbonyl (C=O) groups is 1. The van der Waals surface area contributed by atoms with Gasteiger partial charge in [0, 0.05) is 19.7 Å². The maximum absolute atomic E-state index is 12.1. The normalized spacial score (nSPS) is 32.9. The van der Waals surface area contributed by atoms with Gasteiger partial charge in [0.2, 0.25) is 5.91 Å². The smallest absolute Gasteiger partial charge is 0.228 e. The molecular weight excluding hydrogens is 204 g/mol. The van der Waals surface area contributed by atoms with Crippen molar-refractivity contribution >= 4 is 5.91 Å². The van der Waals surface area contributed by atoms with Gasteiger partial charge in [0.25, 0.3) is 0 Å². The zero-order valence-corrected chi connectivity index (χ0v) is 10.4. The molecule has 2 unspecified atom stereocenters. The molecule has 0 saturated carbocycles. The number of hydrogen-bond acceptors (Lipinski definition) is 3. The number of amides is 1. The molecule has 2 aliphatic heterocycles. The Morgan fingerprint density at radius 2 is 2.12 bits per heavy atom. The molecule has 0 radical (unpaired) electrons. The zero-order chi connectivity index (χ0) is 11.9. The Morgan fingerprint density at radius 3 is 2.56 bits per heavy atom. The maximum Gasteiger partial charge on any atom is 0.228 e. The van der Waals surface area contributed by atoms with E-state index in [4.69, 9.17) is 10.5 Å². The number of ether oxygens (including phenoxy) is 1. The molecule has 1 amide bonds. The van der Waals surface area contributed by atoms with Crippen LogP contribution in [0, 0.1) is 11.8 Å². The minimum absolute atomic E-state index is 0.0525. The first kappa shape index (κ1) is 11.9. The highest BCUT2D eigenvalue weighted by atomic mass is 16.5. The highest BCUT2D eigenvalue weighted by molar-refractivity contribution is 5.80. The number of carbonyl (C=O) groups excluding carboxylic acids is 1. The molecule has 2 heterocycles. The quantitative estimate of drug-likeness (QED) is 0.750. The molecular formula is C12H22N2O2. The predicted molar refractivity (Wildman–Crippen MR) is 61.9 cm³/mol. The number of rotatable bonds is 2. The molecule has 0 aliphatic carbocycles. The van der Waals surface area contributed by atoms with Crippen LogP contribution >= 0.6 is 0 Å². The first-order valence-electron chi connectivity index (χ1n) is 6.13. The molecule has 2 N–H and O–H groups in total. The average Bonchev–Trinajstić information content (AvgIpc) is 2.58. The molecule has 4 nitrogen and oxygen atoms in total. The van der Waals surface area contributed by atoms with E-state index >= 15 is 0 Å². The summed E-state index contributed by atoms with van der Waals surface area (Å²) in [5.74, 6) is 0.706. The molecule has 2 rings (SSSR count). The van der Waals surface area contributed by atoms with Gasteiger partial charge in [-0.3, -0.25) is 4.79 Å². The van der Waals surface area contributed by atoms with Crippen molar-refractivity contribution in [2.24, 2.45) is 17.6 Å². The minimum Gasteiger partial charge on any atom is -0.378 e. The van der Waals surface area contributed by atoms with E-state index in [1.165, 1.54) is 0 Å². The highest BCUT2D eigenvalue weighted by Gasteiger charge is 2.46. The van der Waals surface area contributed by atoms with Gasteiger partial charge in [-0.15, -0.1) is 0 Å². The third-order valence-corrected chi connectivity index (χ3v) is 4.13. The summed E-state index contributed by atoms with van der Waals surface area (Å²) in [7, 11) is 0. The molecule has 0 aromatic rings. The van der Waals surface area contributed by atoms with Crippen LogP contribution in [0.4, 0.5) is 0 Å². The van der Waals surface area contributed by atoms with Gasteiger partial charge in [0.1, 0.15) is 0 Å². The Labute approximate surface area is 97.1 Å². The number of nitrogens with two attached hydrogens (primary N) is 1. The Morgan fingerprint density at radius 1 is 1.50 bits per heavy atom. The molecule has 0 aromatic carbocycles. The van der Waals surface area contributed by atoms with Crippen molar-refractivity contribution in [1.82, 2.24) is 4.90 Å². The maximum atomic E-state index is 12.1.